The predicted molar refractivity (Wildman–Crippen MR) is 167 cm³/mol. The minimum atomic E-state index is -0.451. The van der Waals surface area contributed by atoms with E-state index in [0.29, 0.717) is 11.3 Å². The Hall–Kier alpha value is -1.64. The first-order valence-electron chi connectivity index (χ1n) is 10.9. The van der Waals surface area contributed by atoms with E-state index in [4.69, 9.17) is 9.47 Å². The van der Waals surface area contributed by atoms with Gasteiger partial charge in [-0.1, -0.05) is 36.4 Å². The molecule has 0 aliphatic rings. The molecule has 0 fully saturated rings. The maximum atomic E-state index is 12.5. The lowest BCUT2D eigenvalue weighted by Crippen LogP contribution is -2.16. The van der Waals surface area contributed by atoms with Crippen molar-refractivity contribution in [3.8, 4) is 5.75 Å². The topological polar surface area (TPSA) is 52.6 Å². The summed E-state index contributed by atoms with van der Waals surface area (Å²) in [6.07, 6.45) is -0.0248. The molecule has 4 nitrogen and oxygen atoms in total. The third kappa shape index (κ3) is 7.01. The molecule has 8 heteroatoms. The fourth-order valence-electron chi connectivity index (χ4n) is 3.36. The molecule has 0 aliphatic carbocycles. The molecule has 0 saturated heterocycles. The highest BCUT2D eigenvalue weighted by Crippen LogP contribution is 2.32. The van der Waals surface area contributed by atoms with Gasteiger partial charge in [-0.05, 0) is 128 Å². The van der Waals surface area contributed by atoms with Crippen LogP contribution < -0.4 is 4.74 Å². The molecule has 0 amide bonds. The number of hydrogen-bond donors (Lipinski definition) is 0. The summed E-state index contributed by atoms with van der Waals surface area (Å²) in [5.41, 5.74) is 0.527. The second-order valence-electron chi connectivity index (χ2n) is 7.48. The average Bonchev–Trinajstić information content (AvgIpc) is 2.89. The molecule has 0 saturated carbocycles. The van der Waals surface area contributed by atoms with E-state index in [-0.39, 0.29) is 23.9 Å². The Kier molecular flexibility index (Phi) is 10.1. The molecule has 0 spiro atoms. The molecule has 182 valence electrons. The zero-order valence-corrected chi connectivity index (χ0v) is 26.1. The van der Waals surface area contributed by atoms with Crippen molar-refractivity contribution >= 4 is 90.6 Å². The van der Waals surface area contributed by atoms with E-state index in [1.54, 1.807) is 0 Å². The van der Waals surface area contributed by atoms with Crippen LogP contribution in [0.5, 0.6) is 5.75 Å². The number of carbonyl (C=O) groups excluding carboxylic acids is 2. The van der Waals surface area contributed by atoms with Gasteiger partial charge in [-0.25, -0.2) is 4.79 Å². The standard InChI is InChI=1S/C28H20I3O4S/c29-23-15-16-24(30)27(31)26(23)28(33)34-18-17-25(32)35-19-11-13-22(14-12-19)36(20-7-3-1-4-8-20)21-9-5-2-6-10-21/h1-16H,17-18H2/q+1. The first-order valence-corrected chi connectivity index (χ1v) is 15.4. The molecule has 0 atom stereocenters. The monoisotopic (exact) mass is 833 g/mol. The third-order valence-corrected chi connectivity index (χ3v) is 11.2. The van der Waals surface area contributed by atoms with Crippen LogP contribution in [0.3, 0.4) is 0 Å². The van der Waals surface area contributed by atoms with Crippen LogP contribution in [0.25, 0.3) is 0 Å². The highest BCUT2D eigenvalue weighted by atomic mass is 127. The lowest BCUT2D eigenvalue weighted by molar-refractivity contribution is -0.135. The minimum Gasteiger partial charge on any atom is -0.461 e. The molecule has 0 bridgehead atoms. The smallest absolute Gasteiger partial charge is 0.340 e. The summed E-state index contributed by atoms with van der Waals surface area (Å²) in [5, 5.41) is 0. The first-order chi connectivity index (χ1) is 17.4. The Morgan fingerprint density at radius 2 is 1.19 bits per heavy atom. The molecular formula is C28H20I3O4S+. The maximum absolute atomic E-state index is 12.5. The van der Waals surface area contributed by atoms with E-state index in [9.17, 15) is 9.59 Å². The van der Waals surface area contributed by atoms with E-state index in [0.717, 1.165) is 15.6 Å². The zero-order valence-electron chi connectivity index (χ0n) is 18.8. The van der Waals surface area contributed by atoms with E-state index < -0.39 is 11.9 Å². The molecule has 0 heterocycles. The van der Waals surface area contributed by atoms with E-state index in [2.05, 4.69) is 92.0 Å². The van der Waals surface area contributed by atoms with Gasteiger partial charge in [0.15, 0.2) is 14.7 Å². The Balaban J connectivity index is 1.38. The highest BCUT2D eigenvalue weighted by molar-refractivity contribution is 14.1. The van der Waals surface area contributed by atoms with Crippen molar-refractivity contribution in [1.82, 2.24) is 0 Å². The van der Waals surface area contributed by atoms with Crippen LogP contribution in [0, 0.1) is 10.7 Å². The van der Waals surface area contributed by atoms with Crippen molar-refractivity contribution in [2.75, 3.05) is 6.61 Å². The predicted octanol–water partition coefficient (Wildman–Crippen LogP) is 7.75. The summed E-state index contributed by atoms with van der Waals surface area (Å²) in [6.45, 7) is -0.0428. The van der Waals surface area contributed by atoms with Crippen molar-refractivity contribution in [1.29, 1.82) is 0 Å². The van der Waals surface area contributed by atoms with Crippen LogP contribution in [0.4, 0.5) is 0 Å². The summed E-state index contributed by atoms with van der Waals surface area (Å²) in [5.74, 6) is -0.428. The van der Waals surface area contributed by atoms with Gasteiger partial charge in [-0.2, -0.15) is 0 Å². The molecular weight excluding hydrogens is 813 g/mol. The quantitative estimate of drug-likeness (QED) is 0.0600. The number of halogens is 3. The van der Waals surface area contributed by atoms with Crippen LogP contribution in [0.2, 0.25) is 0 Å². The average molecular weight is 833 g/mol. The van der Waals surface area contributed by atoms with Crippen LogP contribution in [0.15, 0.2) is 112 Å². The fourth-order valence-corrected chi connectivity index (χ4v) is 7.77. The number of rotatable bonds is 8. The second kappa shape index (κ2) is 13.2. The molecule has 4 aromatic carbocycles. The van der Waals surface area contributed by atoms with Gasteiger partial charge in [0, 0.05) is 10.7 Å². The van der Waals surface area contributed by atoms with Crippen LogP contribution >= 0.6 is 67.8 Å². The lowest BCUT2D eigenvalue weighted by atomic mass is 10.2. The highest BCUT2D eigenvalue weighted by Gasteiger charge is 2.28. The number of hydrogen-bond acceptors (Lipinski definition) is 4. The van der Waals surface area contributed by atoms with Crippen LogP contribution in [-0.4, -0.2) is 18.5 Å². The number of esters is 2. The third-order valence-electron chi connectivity index (χ3n) is 5.04. The molecule has 0 aliphatic heterocycles. The molecule has 0 N–H and O–H groups in total. The molecule has 0 unspecified atom stereocenters. The Morgan fingerprint density at radius 3 is 1.78 bits per heavy atom. The molecule has 0 aromatic heterocycles. The van der Waals surface area contributed by atoms with Gasteiger partial charge >= 0.3 is 11.9 Å². The van der Waals surface area contributed by atoms with Crippen LogP contribution in [-0.2, 0) is 20.4 Å². The first kappa shape index (κ1) is 27.4. The van der Waals surface area contributed by atoms with Gasteiger partial charge in [-0.3, -0.25) is 4.79 Å². The summed E-state index contributed by atoms with van der Waals surface area (Å²) in [7, 11) is -0.269. The number of ether oxygens (including phenoxy) is 2. The van der Waals surface area contributed by atoms with Crippen molar-refractivity contribution in [2.24, 2.45) is 0 Å². The fraction of sp³-hybridized carbons (Fsp3) is 0.0714. The zero-order chi connectivity index (χ0) is 25.5. The van der Waals surface area contributed by atoms with E-state index >= 15 is 0 Å². The molecule has 4 rings (SSSR count). The van der Waals surface area contributed by atoms with E-state index in [1.165, 1.54) is 9.79 Å². The molecule has 36 heavy (non-hydrogen) atoms. The summed E-state index contributed by atoms with van der Waals surface area (Å²) < 4.78 is 13.5. The Bertz CT molecular complexity index is 1310. The summed E-state index contributed by atoms with van der Waals surface area (Å²) in [4.78, 5) is 28.4. The normalized spacial score (nSPS) is 10.8. The summed E-state index contributed by atoms with van der Waals surface area (Å²) >= 11 is 6.43. The SMILES string of the molecule is O=C(CCOC(=O)c1c(I)ccc(I)c1I)Oc1ccc([S+](c2ccccc2)c2ccccc2)cc1. The van der Waals surface area contributed by atoms with Crippen molar-refractivity contribution in [2.45, 2.75) is 21.1 Å². The number of carbonyl (C=O) groups is 2. The van der Waals surface area contributed by atoms with Gasteiger partial charge in [0.05, 0.1) is 22.9 Å². The Morgan fingerprint density at radius 1 is 0.667 bits per heavy atom. The lowest BCUT2D eigenvalue weighted by Gasteiger charge is -2.10. The van der Waals surface area contributed by atoms with Gasteiger partial charge in [0.25, 0.3) is 0 Å². The van der Waals surface area contributed by atoms with Crippen molar-refractivity contribution < 1.29 is 19.1 Å². The second-order valence-corrected chi connectivity index (χ2v) is 12.9. The van der Waals surface area contributed by atoms with Gasteiger partial charge in [0.2, 0.25) is 0 Å². The van der Waals surface area contributed by atoms with Crippen LogP contribution in [0.1, 0.15) is 16.8 Å². The Labute approximate surface area is 253 Å². The van der Waals surface area contributed by atoms with Gasteiger partial charge in [-0.15, -0.1) is 0 Å². The van der Waals surface area contributed by atoms with Crippen molar-refractivity contribution in [3.63, 3.8) is 0 Å². The van der Waals surface area contributed by atoms with E-state index in [1.807, 2.05) is 72.8 Å². The van der Waals surface area contributed by atoms with Gasteiger partial charge in [0.1, 0.15) is 12.4 Å². The molecule has 0 radical (unpaired) electrons. The maximum Gasteiger partial charge on any atom is 0.340 e. The largest absolute Gasteiger partial charge is 0.461 e. The molecule has 4 aromatic rings. The van der Waals surface area contributed by atoms with Crippen molar-refractivity contribution in [3.05, 3.63) is 113 Å². The minimum absolute atomic E-state index is 0.0248. The summed E-state index contributed by atoms with van der Waals surface area (Å²) in [6, 6.07) is 32.1. The number of benzene rings is 4. The van der Waals surface area contributed by atoms with Gasteiger partial charge < -0.3 is 9.47 Å².